The van der Waals surface area contributed by atoms with Crippen molar-refractivity contribution >= 4 is 25.8 Å². The van der Waals surface area contributed by atoms with Gasteiger partial charge in [-0.2, -0.15) is 0 Å². The van der Waals surface area contributed by atoms with Crippen LogP contribution in [0.2, 0.25) is 0 Å². The van der Waals surface area contributed by atoms with Crippen LogP contribution in [-0.2, 0) is 15.6 Å². The Morgan fingerprint density at radius 3 is 2.41 bits per heavy atom. The van der Waals surface area contributed by atoms with Crippen molar-refractivity contribution in [3.8, 4) is 0 Å². The number of sulfone groups is 1. The molecule has 88 valence electrons. The van der Waals surface area contributed by atoms with E-state index in [9.17, 15) is 8.42 Å². The molecule has 0 radical (unpaired) electrons. The van der Waals surface area contributed by atoms with Gasteiger partial charge in [0.25, 0.3) is 0 Å². The van der Waals surface area contributed by atoms with E-state index in [2.05, 4.69) is 25.9 Å². The molecule has 2 rings (SSSR count). The molecule has 4 nitrogen and oxygen atoms in total. The summed E-state index contributed by atoms with van der Waals surface area (Å²) in [5.41, 5.74) is 0.699. The Bertz CT molecular complexity index is 597. The summed E-state index contributed by atoms with van der Waals surface area (Å²) in [6.45, 7) is 0. The number of rotatable bonds is 3. The van der Waals surface area contributed by atoms with E-state index in [0.29, 0.717) is 5.56 Å². The van der Waals surface area contributed by atoms with Gasteiger partial charge in [0.05, 0.1) is 5.75 Å². The van der Waals surface area contributed by atoms with Crippen LogP contribution in [0.1, 0.15) is 5.56 Å². The van der Waals surface area contributed by atoms with Gasteiger partial charge in [-0.05, 0) is 45.8 Å². The molecule has 0 aliphatic rings. The molecular formula is C11H9BrN2O2S. The van der Waals surface area contributed by atoms with E-state index in [1.165, 1.54) is 12.3 Å². The molecule has 0 amide bonds. The quantitative estimate of drug-likeness (QED) is 0.872. The van der Waals surface area contributed by atoms with Gasteiger partial charge in [-0.15, -0.1) is 0 Å². The van der Waals surface area contributed by atoms with Crippen molar-refractivity contribution in [3.63, 3.8) is 0 Å². The van der Waals surface area contributed by atoms with Crippen LogP contribution < -0.4 is 0 Å². The first-order chi connectivity index (χ1) is 8.08. The van der Waals surface area contributed by atoms with Gasteiger partial charge < -0.3 is 0 Å². The topological polar surface area (TPSA) is 59.9 Å². The zero-order valence-corrected chi connectivity index (χ0v) is 11.1. The third-order valence-corrected chi connectivity index (χ3v) is 4.19. The molecule has 2 aromatic rings. The Morgan fingerprint density at radius 2 is 1.82 bits per heavy atom. The second-order valence-electron chi connectivity index (χ2n) is 3.43. The van der Waals surface area contributed by atoms with Crippen molar-refractivity contribution in [2.45, 2.75) is 10.8 Å². The maximum atomic E-state index is 12.0. The van der Waals surface area contributed by atoms with Gasteiger partial charge in [-0.3, -0.25) is 4.98 Å². The highest BCUT2D eigenvalue weighted by molar-refractivity contribution is 9.10. The standard InChI is InChI=1S/C11H9BrN2O2S/c12-10-1-2-11(14-7-10)17(15,16)8-9-3-5-13-6-4-9/h1-7H,8H2. The predicted molar refractivity (Wildman–Crippen MR) is 67.1 cm³/mol. The van der Waals surface area contributed by atoms with Crippen LogP contribution in [0.15, 0.2) is 52.4 Å². The average molecular weight is 313 g/mol. The van der Waals surface area contributed by atoms with E-state index in [1.54, 1.807) is 30.6 Å². The Hall–Kier alpha value is -1.27. The molecule has 2 aromatic heterocycles. The van der Waals surface area contributed by atoms with Crippen LogP contribution in [0.4, 0.5) is 0 Å². The van der Waals surface area contributed by atoms with E-state index in [-0.39, 0.29) is 10.8 Å². The lowest BCUT2D eigenvalue weighted by atomic mass is 10.3. The highest BCUT2D eigenvalue weighted by Gasteiger charge is 2.16. The molecule has 17 heavy (non-hydrogen) atoms. The second kappa shape index (κ2) is 4.93. The molecule has 0 N–H and O–H groups in total. The van der Waals surface area contributed by atoms with Crippen LogP contribution in [0.25, 0.3) is 0 Å². The summed E-state index contributed by atoms with van der Waals surface area (Å²) in [6, 6.07) is 6.50. The first-order valence-corrected chi connectivity index (χ1v) is 7.26. The molecule has 0 aliphatic carbocycles. The Balaban J connectivity index is 2.29. The fourth-order valence-electron chi connectivity index (χ4n) is 1.32. The minimum atomic E-state index is -3.39. The van der Waals surface area contributed by atoms with Crippen molar-refractivity contribution in [2.24, 2.45) is 0 Å². The molecule has 0 aliphatic heterocycles. The molecule has 0 aromatic carbocycles. The number of hydrogen-bond donors (Lipinski definition) is 0. The van der Waals surface area contributed by atoms with Gasteiger partial charge in [-0.1, -0.05) is 0 Å². The second-order valence-corrected chi connectivity index (χ2v) is 6.28. The van der Waals surface area contributed by atoms with E-state index >= 15 is 0 Å². The van der Waals surface area contributed by atoms with Crippen LogP contribution >= 0.6 is 15.9 Å². The summed E-state index contributed by atoms with van der Waals surface area (Å²) in [5.74, 6) is -0.0653. The van der Waals surface area contributed by atoms with Crippen LogP contribution in [0.3, 0.4) is 0 Å². The summed E-state index contributed by atoms with van der Waals surface area (Å²) >= 11 is 3.21. The number of aromatic nitrogens is 2. The third-order valence-electron chi connectivity index (χ3n) is 2.12. The lowest BCUT2D eigenvalue weighted by molar-refractivity contribution is 0.591. The van der Waals surface area contributed by atoms with Crippen molar-refractivity contribution in [3.05, 3.63) is 52.9 Å². The zero-order chi connectivity index (χ0) is 12.3. The van der Waals surface area contributed by atoms with Crippen molar-refractivity contribution in [1.82, 2.24) is 9.97 Å². The first-order valence-electron chi connectivity index (χ1n) is 4.81. The van der Waals surface area contributed by atoms with Gasteiger partial charge >= 0.3 is 0 Å². The molecule has 0 saturated carbocycles. The Kier molecular flexibility index (Phi) is 3.54. The lowest BCUT2D eigenvalue weighted by Gasteiger charge is -2.03. The van der Waals surface area contributed by atoms with E-state index in [4.69, 9.17) is 0 Å². The summed E-state index contributed by atoms with van der Waals surface area (Å²) in [7, 11) is -3.39. The van der Waals surface area contributed by atoms with Gasteiger partial charge in [-0.25, -0.2) is 13.4 Å². The largest absolute Gasteiger partial charge is 0.265 e. The summed E-state index contributed by atoms with van der Waals surface area (Å²) < 4.78 is 24.8. The molecule has 0 fully saturated rings. The highest BCUT2D eigenvalue weighted by Crippen LogP contribution is 2.16. The number of hydrogen-bond acceptors (Lipinski definition) is 4. The monoisotopic (exact) mass is 312 g/mol. The summed E-state index contributed by atoms with van der Waals surface area (Å²) in [6.07, 6.45) is 4.61. The maximum Gasteiger partial charge on any atom is 0.199 e. The fourth-order valence-corrected chi connectivity index (χ4v) is 2.82. The molecule has 0 bridgehead atoms. The van der Waals surface area contributed by atoms with Crippen molar-refractivity contribution in [2.75, 3.05) is 0 Å². The van der Waals surface area contributed by atoms with Crippen LogP contribution in [0, 0.1) is 0 Å². The van der Waals surface area contributed by atoms with Gasteiger partial charge in [0.15, 0.2) is 14.9 Å². The highest BCUT2D eigenvalue weighted by atomic mass is 79.9. The molecule has 6 heteroatoms. The zero-order valence-electron chi connectivity index (χ0n) is 8.75. The predicted octanol–water partition coefficient (Wildman–Crippen LogP) is 2.21. The minimum absolute atomic E-state index is 0.0653. The molecule has 0 spiro atoms. The van der Waals surface area contributed by atoms with Gasteiger partial charge in [0.1, 0.15) is 0 Å². The number of nitrogens with zero attached hydrogens (tertiary/aromatic N) is 2. The summed E-state index contributed by atoms with van der Waals surface area (Å²) in [5, 5.41) is 0.0810. The van der Waals surface area contributed by atoms with Crippen LogP contribution in [-0.4, -0.2) is 18.4 Å². The van der Waals surface area contributed by atoms with E-state index in [1.807, 2.05) is 0 Å². The molecule has 2 heterocycles. The van der Waals surface area contributed by atoms with Gasteiger partial charge in [0, 0.05) is 23.1 Å². The maximum absolute atomic E-state index is 12.0. The number of halogens is 1. The van der Waals surface area contributed by atoms with Crippen molar-refractivity contribution < 1.29 is 8.42 Å². The summed E-state index contributed by atoms with van der Waals surface area (Å²) in [4.78, 5) is 7.74. The molecule has 0 unspecified atom stereocenters. The van der Waals surface area contributed by atoms with Crippen LogP contribution in [0.5, 0.6) is 0 Å². The first kappa shape index (κ1) is 12.2. The smallest absolute Gasteiger partial charge is 0.199 e. The van der Waals surface area contributed by atoms with Crippen molar-refractivity contribution in [1.29, 1.82) is 0 Å². The SMILES string of the molecule is O=S(=O)(Cc1ccncc1)c1ccc(Br)cn1. The fraction of sp³-hybridized carbons (Fsp3) is 0.0909. The van der Waals surface area contributed by atoms with Gasteiger partial charge in [0.2, 0.25) is 0 Å². The molecular weight excluding hydrogens is 304 g/mol. The lowest BCUT2D eigenvalue weighted by Crippen LogP contribution is -2.06. The molecule has 0 saturated heterocycles. The van der Waals surface area contributed by atoms with E-state index < -0.39 is 9.84 Å². The number of pyridine rings is 2. The Morgan fingerprint density at radius 1 is 1.12 bits per heavy atom. The molecule has 0 atom stereocenters. The van der Waals surface area contributed by atoms with E-state index in [0.717, 1.165) is 4.47 Å². The Labute approximate surface area is 108 Å². The normalized spacial score (nSPS) is 11.4. The average Bonchev–Trinajstić information content (AvgIpc) is 2.30. The third kappa shape index (κ3) is 3.10. The minimum Gasteiger partial charge on any atom is -0.265 e.